The Morgan fingerprint density at radius 1 is 1.33 bits per heavy atom. The maximum Gasteiger partial charge on any atom is 0.249 e. The molecule has 21 heavy (non-hydrogen) atoms. The van der Waals surface area contributed by atoms with E-state index in [9.17, 15) is 9.59 Å². The number of carbonyl (C=O) groups is 2. The summed E-state index contributed by atoms with van der Waals surface area (Å²) in [7, 11) is 1.78. The second-order valence-electron chi connectivity index (χ2n) is 6.68. The predicted molar refractivity (Wildman–Crippen MR) is 74.9 cm³/mol. The third kappa shape index (κ3) is 2.02. The van der Waals surface area contributed by atoms with E-state index in [2.05, 4.69) is 15.4 Å². The van der Waals surface area contributed by atoms with Gasteiger partial charge >= 0.3 is 0 Å². The number of hydrogen-bond donors (Lipinski definition) is 1. The third-order valence-corrected chi connectivity index (χ3v) is 4.79. The van der Waals surface area contributed by atoms with Crippen LogP contribution in [0.15, 0.2) is 6.33 Å². The van der Waals surface area contributed by atoms with Gasteiger partial charge in [0, 0.05) is 7.05 Å². The Labute approximate surface area is 123 Å². The van der Waals surface area contributed by atoms with Crippen LogP contribution in [0.1, 0.15) is 39.4 Å². The summed E-state index contributed by atoms with van der Waals surface area (Å²) in [5, 5.41) is 6.97. The van der Waals surface area contributed by atoms with Crippen LogP contribution in [0.5, 0.6) is 0 Å². The van der Waals surface area contributed by atoms with E-state index >= 15 is 0 Å². The Morgan fingerprint density at radius 3 is 2.52 bits per heavy atom. The lowest BCUT2D eigenvalue weighted by Crippen LogP contribution is -2.73. The Bertz CT molecular complexity index is 604. The summed E-state index contributed by atoms with van der Waals surface area (Å²) in [6, 6.07) is 0. The number of piperazine rings is 1. The average Bonchev–Trinajstić information content (AvgIpc) is 3.18. The fraction of sp³-hybridized carbons (Fsp3) is 0.714. The van der Waals surface area contributed by atoms with Gasteiger partial charge in [-0.15, -0.1) is 0 Å². The summed E-state index contributed by atoms with van der Waals surface area (Å²) >= 11 is 0. The van der Waals surface area contributed by atoms with Crippen molar-refractivity contribution in [2.24, 2.45) is 13.0 Å². The summed E-state index contributed by atoms with van der Waals surface area (Å²) < 4.78 is 1.63. The first-order valence-corrected chi connectivity index (χ1v) is 7.24. The van der Waals surface area contributed by atoms with Crippen molar-refractivity contribution in [1.82, 2.24) is 25.0 Å². The van der Waals surface area contributed by atoms with E-state index in [0.717, 1.165) is 12.8 Å². The molecule has 0 radical (unpaired) electrons. The number of nitrogens with one attached hydrogen (secondary N) is 1. The number of aryl methyl sites for hydroxylation is 1. The molecule has 0 bridgehead atoms. The molecule has 1 aliphatic carbocycles. The van der Waals surface area contributed by atoms with E-state index in [1.54, 1.807) is 30.5 Å². The van der Waals surface area contributed by atoms with Gasteiger partial charge in [0.05, 0.1) is 6.54 Å². The highest BCUT2D eigenvalue weighted by atomic mass is 16.2. The van der Waals surface area contributed by atoms with Gasteiger partial charge in [-0.3, -0.25) is 14.3 Å². The van der Waals surface area contributed by atoms with Crippen LogP contribution >= 0.6 is 0 Å². The second kappa shape index (κ2) is 4.29. The lowest BCUT2D eigenvalue weighted by molar-refractivity contribution is -0.162. The molecule has 0 aromatic carbocycles. The van der Waals surface area contributed by atoms with Crippen molar-refractivity contribution < 1.29 is 9.59 Å². The zero-order valence-electron chi connectivity index (χ0n) is 12.9. The minimum Gasteiger partial charge on any atom is -0.340 e. The van der Waals surface area contributed by atoms with Gasteiger partial charge in [0.25, 0.3) is 0 Å². The molecule has 7 nitrogen and oxygen atoms in total. The summed E-state index contributed by atoms with van der Waals surface area (Å²) in [5.41, 5.74) is -1.68. The molecule has 0 spiro atoms. The molecule has 1 aliphatic heterocycles. The average molecular weight is 291 g/mol. The van der Waals surface area contributed by atoms with Crippen LogP contribution in [-0.4, -0.2) is 42.6 Å². The molecule has 2 heterocycles. The van der Waals surface area contributed by atoms with Crippen molar-refractivity contribution in [1.29, 1.82) is 0 Å². The molecule has 1 aromatic heterocycles. The van der Waals surface area contributed by atoms with E-state index in [0.29, 0.717) is 5.82 Å². The Hall–Kier alpha value is -1.92. The first-order valence-electron chi connectivity index (χ1n) is 7.24. The number of hydrogen-bond acceptors (Lipinski definition) is 4. The standard InChI is InChI=1S/C14H21N5O2/c1-13(2)11(20)17-14(3,9-5-6-9)12(21)19(13)7-10-15-8-16-18(10)4/h8-9H,5-7H2,1-4H3,(H,17,20). The predicted octanol–water partition coefficient (Wildman–Crippen LogP) is 0.221. The van der Waals surface area contributed by atoms with Crippen molar-refractivity contribution in [3.8, 4) is 0 Å². The molecule has 1 atom stereocenters. The van der Waals surface area contributed by atoms with Crippen molar-refractivity contribution >= 4 is 11.8 Å². The second-order valence-corrected chi connectivity index (χ2v) is 6.68. The summed E-state index contributed by atoms with van der Waals surface area (Å²) in [4.78, 5) is 31.3. The smallest absolute Gasteiger partial charge is 0.249 e. The Balaban J connectivity index is 1.95. The largest absolute Gasteiger partial charge is 0.340 e. The molecule has 1 saturated heterocycles. The Kier molecular flexibility index (Phi) is 2.86. The lowest BCUT2D eigenvalue weighted by atomic mass is 9.85. The molecule has 2 amide bonds. The monoisotopic (exact) mass is 291 g/mol. The zero-order chi connectivity index (χ0) is 15.4. The fourth-order valence-corrected chi connectivity index (χ4v) is 2.91. The van der Waals surface area contributed by atoms with Crippen molar-refractivity contribution in [3.63, 3.8) is 0 Å². The van der Waals surface area contributed by atoms with E-state index < -0.39 is 11.1 Å². The quantitative estimate of drug-likeness (QED) is 0.864. The summed E-state index contributed by atoms with van der Waals surface area (Å²) in [5.74, 6) is 0.771. The number of rotatable bonds is 3. The summed E-state index contributed by atoms with van der Waals surface area (Å²) in [6.07, 6.45) is 3.43. The van der Waals surface area contributed by atoms with E-state index in [4.69, 9.17) is 0 Å². The minimum absolute atomic E-state index is 0.0300. The molecule has 2 aliphatic rings. The number of aromatic nitrogens is 3. The molecular formula is C14H21N5O2. The summed E-state index contributed by atoms with van der Waals surface area (Å²) in [6.45, 7) is 5.66. The lowest BCUT2D eigenvalue weighted by Gasteiger charge is -2.48. The highest BCUT2D eigenvalue weighted by Crippen LogP contribution is 2.43. The van der Waals surface area contributed by atoms with Gasteiger partial charge in [-0.1, -0.05) is 0 Å². The first kappa shape index (κ1) is 14.0. The zero-order valence-corrected chi connectivity index (χ0v) is 12.9. The minimum atomic E-state index is -0.891. The molecule has 1 saturated carbocycles. The molecule has 1 unspecified atom stereocenters. The van der Waals surface area contributed by atoms with E-state index in [-0.39, 0.29) is 24.3 Å². The number of amides is 2. The number of nitrogens with zero attached hydrogens (tertiary/aromatic N) is 4. The molecule has 2 fully saturated rings. The van der Waals surface area contributed by atoms with Crippen LogP contribution < -0.4 is 5.32 Å². The van der Waals surface area contributed by atoms with Crippen LogP contribution in [0.2, 0.25) is 0 Å². The SMILES string of the molecule is Cn1ncnc1CN1C(=O)C(C)(C2CC2)NC(=O)C1(C)C. The van der Waals surface area contributed by atoms with Gasteiger partial charge < -0.3 is 10.2 Å². The van der Waals surface area contributed by atoms with Crippen LogP contribution in [0.25, 0.3) is 0 Å². The maximum atomic E-state index is 13.0. The molecule has 1 N–H and O–H groups in total. The maximum absolute atomic E-state index is 13.0. The molecule has 1 aromatic rings. The van der Waals surface area contributed by atoms with Crippen molar-refractivity contribution in [2.45, 2.75) is 51.2 Å². The van der Waals surface area contributed by atoms with Crippen molar-refractivity contribution in [3.05, 3.63) is 12.2 Å². The molecule has 7 heteroatoms. The van der Waals surface area contributed by atoms with E-state index in [1.807, 2.05) is 6.92 Å². The van der Waals surface area contributed by atoms with Gasteiger partial charge in [0.1, 0.15) is 23.2 Å². The normalized spacial score (nSPS) is 28.7. The number of carbonyl (C=O) groups excluding carboxylic acids is 2. The van der Waals surface area contributed by atoms with Crippen LogP contribution in [0.3, 0.4) is 0 Å². The van der Waals surface area contributed by atoms with Gasteiger partial charge in [0.2, 0.25) is 11.8 Å². The van der Waals surface area contributed by atoms with E-state index in [1.165, 1.54) is 6.33 Å². The van der Waals surface area contributed by atoms with Crippen LogP contribution in [0.4, 0.5) is 0 Å². The Morgan fingerprint density at radius 2 is 2.00 bits per heavy atom. The highest BCUT2D eigenvalue weighted by Gasteiger charge is 2.58. The fourth-order valence-electron chi connectivity index (χ4n) is 2.91. The molecule has 114 valence electrons. The van der Waals surface area contributed by atoms with Crippen molar-refractivity contribution in [2.75, 3.05) is 0 Å². The highest BCUT2D eigenvalue weighted by molar-refractivity contribution is 6.02. The van der Waals surface area contributed by atoms with Gasteiger partial charge in [-0.05, 0) is 39.5 Å². The van der Waals surface area contributed by atoms with Crippen LogP contribution in [-0.2, 0) is 23.2 Å². The molecule has 3 rings (SSSR count). The first-order chi connectivity index (χ1) is 9.76. The van der Waals surface area contributed by atoms with Crippen LogP contribution in [0, 0.1) is 5.92 Å². The van der Waals surface area contributed by atoms with Gasteiger partial charge in [0.15, 0.2) is 0 Å². The molecular weight excluding hydrogens is 270 g/mol. The van der Waals surface area contributed by atoms with Gasteiger partial charge in [-0.2, -0.15) is 5.10 Å². The topological polar surface area (TPSA) is 80.1 Å². The van der Waals surface area contributed by atoms with Gasteiger partial charge in [-0.25, -0.2) is 4.98 Å². The third-order valence-electron chi connectivity index (χ3n) is 4.79.